The first-order chi connectivity index (χ1) is 17.4. The van der Waals surface area contributed by atoms with Gasteiger partial charge in [0.1, 0.15) is 17.5 Å². The van der Waals surface area contributed by atoms with E-state index in [1.165, 1.54) is 18.6 Å². The van der Waals surface area contributed by atoms with Gasteiger partial charge in [-0.05, 0) is 77.2 Å². The van der Waals surface area contributed by atoms with Gasteiger partial charge in [0.2, 0.25) is 0 Å². The van der Waals surface area contributed by atoms with Gasteiger partial charge in [0.25, 0.3) is 0 Å². The van der Waals surface area contributed by atoms with Crippen LogP contribution in [-0.2, 0) is 6.42 Å². The fourth-order valence-corrected chi connectivity index (χ4v) is 4.18. The van der Waals surface area contributed by atoms with Crippen LogP contribution in [-0.4, -0.2) is 0 Å². The van der Waals surface area contributed by atoms with Gasteiger partial charge in [-0.25, -0.2) is 22.0 Å². The Morgan fingerprint density at radius 1 is 0.583 bits per heavy atom. The molecule has 0 spiro atoms. The van der Waals surface area contributed by atoms with Crippen molar-refractivity contribution in [3.8, 4) is 23.0 Å². The van der Waals surface area contributed by atoms with Crippen molar-refractivity contribution in [1.29, 1.82) is 0 Å². The maximum Gasteiger partial charge on any atom is 0.159 e. The van der Waals surface area contributed by atoms with Crippen LogP contribution < -0.4 is 0 Å². The van der Waals surface area contributed by atoms with E-state index in [1.807, 2.05) is 0 Å². The molecule has 0 unspecified atom stereocenters. The first-order valence-electron chi connectivity index (χ1n) is 12.0. The van der Waals surface area contributed by atoms with Gasteiger partial charge in [-0.3, -0.25) is 0 Å². The van der Waals surface area contributed by atoms with Crippen molar-refractivity contribution in [2.45, 2.75) is 45.4 Å². The van der Waals surface area contributed by atoms with E-state index in [0.717, 1.165) is 61.9 Å². The Morgan fingerprint density at radius 3 is 1.97 bits per heavy atom. The molecule has 4 aromatic rings. The molecule has 0 bridgehead atoms. The van der Waals surface area contributed by atoms with Crippen molar-refractivity contribution in [2.24, 2.45) is 0 Å². The summed E-state index contributed by atoms with van der Waals surface area (Å²) in [5.74, 6) is 0.822. The molecule has 0 radical (unpaired) electrons. The fourth-order valence-electron chi connectivity index (χ4n) is 4.18. The van der Waals surface area contributed by atoms with Crippen LogP contribution in [0.2, 0.25) is 0 Å². The Balaban J connectivity index is 1.54. The first-order valence-corrected chi connectivity index (χ1v) is 12.0. The van der Waals surface area contributed by atoms with E-state index in [0.29, 0.717) is 16.3 Å². The minimum absolute atomic E-state index is 0.0887. The molecule has 0 heterocycles. The highest BCUT2D eigenvalue weighted by Crippen LogP contribution is 2.28. The van der Waals surface area contributed by atoms with Crippen LogP contribution >= 0.6 is 0 Å². The third-order valence-electron chi connectivity index (χ3n) is 6.17. The molecule has 0 aliphatic carbocycles. The Kier molecular flexibility index (Phi) is 8.05. The van der Waals surface area contributed by atoms with Gasteiger partial charge < -0.3 is 0 Å². The van der Waals surface area contributed by atoms with E-state index < -0.39 is 34.6 Å². The molecular weight excluding hydrogens is 467 g/mol. The van der Waals surface area contributed by atoms with Gasteiger partial charge in [-0.1, -0.05) is 62.6 Å². The largest absolute Gasteiger partial charge is 0.206 e. The monoisotopic (exact) mass is 492 g/mol. The lowest BCUT2D eigenvalue weighted by molar-refractivity contribution is 0.511. The van der Waals surface area contributed by atoms with Crippen molar-refractivity contribution < 1.29 is 22.0 Å². The van der Waals surface area contributed by atoms with Gasteiger partial charge in [0, 0.05) is 11.1 Å². The third-order valence-corrected chi connectivity index (χ3v) is 6.17. The van der Waals surface area contributed by atoms with E-state index in [-0.39, 0.29) is 11.1 Å². The van der Waals surface area contributed by atoms with E-state index in [4.69, 9.17) is 0 Å². The molecule has 0 saturated carbocycles. The molecule has 0 amide bonds. The predicted molar refractivity (Wildman–Crippen MR) is 134 cm³/mol. The molecule has 0 aliphatic heterocycles. The number of rotatable bonds is 7. The van der Waals surface area contributed by atoms with E-state index in [2.05, 4.69) is 18.8 Å². The third kappa shape index (κ3) is 5.94. The molecular formula is C31H25F5. The Bertz CT molecular complexity index is 1440. The second-order valence-corrected chi connectivity index (χ2v) is 8.87. The predicted octanol–water partition coefficient (Wildman–Crippen LogP) is 9.11. The summed E-state index contributed by atoms with van der Waals surface area (Å²) in [5, 5.41) is 0.891. The minimum atomic E-state index is -0.993. The zero-order valence-electron chi connectivity index (χ0n) is 19.9. The van der Waals surface area contributed by atoms with Gasteiger partial charge >= 0.3 is 0 Å². The molecule has 0 nitrogen and oxygen atoms in total. The smallest absolute Gasteiger partial charge is 0.159 e. The normalized spacial score (nSPS) is 10.9. The standard InChI is InChI=1S/C31H25F5/c1-2-3-4-5-6-7-20-9-12-25(27(32)15-20)24-18-28(33)26(29(34)19-24)13-10-21-8-11-22-16-30(35)31(36)17-23(22)14-21/h8-9,11-12,14-19H,2-7H2,1H3. The molecule has 0 N–H and O–H groups in total. The maximum absolute atomic E-state index is 14.8. The first kappa shape index (κ1) is 25.4. The summed E-state index contributed by atoms with van der Waals surface area (Å²) >= 11 is 0. The highest BCUT2D eigenvalue weighted by Gasteiger charge is 2.14. The Morgan fingerprint density at radius 2 is 1.28 bits per heavy atom. The summed E-state index contributed by atoms with van der Waals surface area (Å²) in [6.07, 6.45) is 6.32. The van der Waals surface area contributed by atoms with Crippen LogP contribution in [0.15, 0.2) is 60.7 Å². The second kappa shape index (κ2) is 11.4. The van der Waals surface area contributed by atoms with Crippen molar-refractivity contribution >= 4 is 10.8 Å². The molecule has 0 aromatic heterocycles. The highest BCUT2D eigenvalue weighted by molar-refractivity contribution is 5.84. The molecule has 184 valence electrons. The van der Waals surface area contributed by atoms with E-state index in [9.17, 15) is 22.0 Å². The summed E-state index contributed by atoms with van der Waals surface area (Å²) in [6, 6.07) is 13.6. The average molecular weight is 493 g/mol. The molecule has 4 rings (SSSR count). The van der Waals surface area contributed by atoms with Crippen LogP contribution in [0.25, 0.3) is 21.9 Å². The van der Waals surface area contributed by atoms with Gasteiger partial charge in [0.15, 0.2) is 11.6 Å². The average Bonchev–Trinajstić information content (AvgIpc) is 2.84. The summed E-state index contributed by atoms with van der Waals surface area (Å²) in [7, 11) is 0. The molecule has 4 aromatic carbocycles. The number of benzene rings is 4. The second-order valence-electron chi connectivity index (χ2n) is 8.87. The van der Waals surface area contributed by atoms with E-state index >= 15 is 0 Å². The van der Waals surface area contributed by atoms with Crippen LogP contribution in [0.4, 0.5) is 22.0 Å². The molecule has 0 fully saturated rings. The van der Waals surface area contributed by atoms with Gasteiger partial charge in [-0.15, -0.1) is 0 Å². The number of aryl methyl sites for hydroxylation is 1. The molecule has 36 heavy (non-hydrogen) atoms. The van der Waals surface area contributed by atoms with Crippen LogP contribution in [0, 0.1) is 40.9 Å². The minimum Gasteiger partial charge on any atom is -0.206 e. The lowest BCUT2D eigenvalue weighted by Crippen LogP contribution is -1.95. The maximum atomic E-state index is 14.8. The quantitative estimate of drug-likeness (QED) is 0.137. The number of halogens is 5. The molecule has 0 saturated heterocycles. The Hall–Kier alpha value is -3.65. The summed E-state index contributed by atoms with van der Waals surface area (Å²) < 4.78 is 71.2. The zero-order chi connectivity index (χ0) is 25.7. The molecule has 0 aliphatic rings. The summed E-state index contributed by atoms with van der Waals surface area (Å²) in [6.45, 7) is 2.15. The Labute approximate surface area is 207 Å². The molecule has 0 atom stereocenters. The SMILES string of the molecule is CCCCCCCc1ccc(-c2cc(F)c(C#Cc3ccc4cc(F)c(F)cc4c3)c(F)c2)c(F)c1. The zero-order valence-corrected chi connectivity index (χ0v) is 19.9. The van der Waals surface area contributed by atoms with Gasteiger partial charge in [0.05, 0.1) is 5.56 Å². The van der Waals surface area contributed by atoms with Crippen LogP contribution in [0.5, 0.6) is 0 Å². The van der Waals surface area contributed by atoms with Crippen LogP contribution in [0.1, 0.15) is 55.7 Å². The number of hydrogen-bond acceptors (Lipinski definition) is 0. The molecule has 5 heteroatoms. The van der Waals surface area contributed by atoms with Crippen LogP contribution in [0.3, 0.4) is 0 Å². The summed E-state index contributed by atoms with van der Waals surface area (Å²) in [4.78, 5) is 0. The van der Waals surface area contributed by atoms with Crippen molar-refractivity contribution in [3.63, 3.8) is 0 Å². The lowest BCUT2D eigenvalue weighted by atomic mass is 9.98. The number of fused-ring (bicyclic) bond motifs is 1. The lowest BCUT2D eigenvalue weighted by Gasteiger charge is -2.08. The van der Waals surface area contributed by atoms with Crippen molar-refractivity contribution in [3.05, 3.63) is 106 Å². The highest BCUT2D eigenvalue weighted by atomic mass is 19.2. The topological polar surface area (TPSA) is 0 Å². The fraction of sp³-hybridized carbons (Fsp3) is 0.226. The van der Waals surface area contributed by atoms with Crippen molar-refractivity contribution in [2.75, 3.05) is 0 Å². The number of hydrogen-bond donors (Lipinski definition) is 0. The van der Waals surface area contributed by atoms with Crippen molar-refractivity contribution in [1.82, 2.24) is 0 Å². The number of unbranched alkanes of at least 4 members (excludes halogenated alkanes) is 4. The summed E-state index contributed by atoms with van der Waals surface area (Å²) in [5.41, 5.74) is 0.992. The van der Waals surface area contributed by atoms with E-state index in [1.54, 1.807) is 24.3 Å². The van der Waals surface area contributed by atoms with Gasteiger partial charge in [-0.2, -0.15) is 0 Å².